The zero-order valence-corrected chi connectivity index (χ0v) is 26.4. The van der Waals surface area contributed by atoms with Crippen molar-refractivity contribution in [1.82, 2.24) is 8.87 Å². The van der Waals surface area contributed by atoms with E-state index in [1.807, 2.05) is 0 Å². The highest BCUT2D eigenvalue weighted by Gasteiger charge is 2.34. The molecule has 0 spiro atoms. The van der Waals surface area contributed by atoms with Gasteiger partial charge in [-0.25, -0.2) is 35.3 Å². The van der Waals surface area contributed by atoms with Crippen LogP contribution in [0.15, 0.2) is 99.7 Å². The van der Waals surface area contributed by atoms with Gasteiger partial charge in [-0.15, -0.1) is 0 Å². The predicted molar refractivity (Wildman–Crippen MR) is 161 cm³/mol. The summed E-state index contributed by atoms with van der Waals surface area (Å²) in [5.74, 6) is 0. The van der Waals surface area contributed by atoms with Gasteiger partial charge in [0.25, 0.3) is 10.0 Å². The van der Waals surface area contributed by atoms with E-state index >= 15 is 0 Å². The molecule has 0 aliphatic rings. The Kier molecular flexibility index (Phi) is 8.49. The van der Waals surface area contributed by atoms with Gasteiger partial charge < -0.3 is 9.47 Å². The Morgan fingerprint density at radius 2 is 1.28 bits per heavy atom. The second-order valence-corrected chi connectivity index (χ2v) is 15.5. The quantitative estimate of drug-likeness (QED) is 0.241. The van der Waals surface area contributed by atoms with E-state index in [4.69, 9.17) is 9.47 Å². The van der Waals surface area contributed by atoms with Gasteiger partial charge in [0.1, 0.15) is 16.1 Å². The van der Waals surface area contributed by atoms with Crippen molar-refractivity contribution >= 4 is 42.9 Å². The van der Waals surface area contributed by atoms with Gasteiger partial charge in [-0.1, -0.05) is 42.5 Å². The molecule has 0 atom stereocenters. The first-order chi connectivity index (χ1) is 19.9. The number of fused-ring (bicyclic) bond motifs is 1. The number of hydrogen-bond donors (Lipinski definition) is 0. The van der Waals surface area contributed by atoms with Crippen LogP contribution < -0.4 is 0 Å². The fourth-order valence-corrected chi connectivity index (χ4v) is 7.66. The third-order valence-corrected chi connectivity index (χ3v) is 9.71. The number of amides is 2. The van der Waals surface area contributed by atoms with Gasteiger partial charge in [0.05, 0.1) is 21.9 Å². The van der Waals surface area contributed by atoms with Crippen LogP contribution in [0.2, 0.25) is 0 Å². The van der Waals surface area contributed by atoms with Crippen LogP contribution in [0.3, 0.4) is 0 Å². The molecule has 0 unspecified atom stereocenters. The van der Waals surface area contributed by atoms with E-state index in [9.17, 15) is 26.4 Å². The summed E-state index contributed by atoms with van der Waals surface area (Å²) in [6.45, 7) is 9.34. The highest BCUT2D eigenvalue weighted by atomic mass is 32.2. The highest BCUT2D eigenvalue weighted by molar-refractivity contribution is 7.94. The fraction of sp³-hybridized carbons (Fsp3) is 0.290. The minimum atomic E-state index is -4.43. The van der Waals surface area contributed by atoms with Crippen LogP contribution in [0, 0.1) is 0 Å². The molecule has 4 aromatic rings. The topological polar surface area (TPSA) is 129 Å². The van der Waals surface area contributed by atoms with E-state index in [-0.39, 0.29) is 10.5 Å². The molecule has 0 fully saturated rings. The number of nitrogens with zero attached hydrogens (tertiary/aromatic N) is 2. The molecule has 0 bridgehead atoms. The number of imide groups is 1. The molecule has 43 heavy (non-hydrogen) atoms. The van der Waals surface area contributed by atoms with Crippen molar-refractivity contribution in [3.8, 4) is 0 Å². The molecular weight excluding hydrogens is 592 g/mol. The molecule has 0 N–H and O–H groups in total. The van der Waals surface area contributed by atoms with Gasteiger partial charge in [-0.2, -0.15) is 0 Å². The maximum Gasteiger partial charge on any atom is 0.420 e. The molecule has 0 aliphatic carbocycles. The lowest BCUT2D eigenvalue weighted by Gasteiger charge is -2.28. The summed E-state index contributed by atoms with van der Waals surface area (Å²) < 4.78 is 67.8. The third kappa shape index (κ3) is 7.08. The van der Waals surface area contributed by atoms with Gasteiger partial charge in [-0.05, 0) is 83.5 Å². The van der Waals surface area contributed by atoms with E-state index < -0.39 is 59.6 Å². The van der Waals surface area contributed by atoms with Crippen LogP contribution in [0.5, 0.6) is 0 Å². The molecule has 4 rings (SSSR count). The summed E-state index contributed by atoms with van der Waals surface area (Å²) >= 11 is 0. The monoisotopic (exact) mass is 626 g/mol. The number of carbonyl (C=O) groups excluding carboxylic acids is 2. The van der Waals surface area contributed by atoms with Crippen molar-refractivity contribution in [2.45, 2.75) is 74.0 Å². The van der Waals surface area contributed by atoms with Crippen molar-refractivity contribution < 1.29 is 35.9 Å². The van der Waals surface area contributed by atoms with Crippen LogP contribution in [0.1, 0.15) is 47.1 Å². The summed E-state index contributed by atoms with van der Waals surface area (Å²) in [6, 6.07) is 19.5. The largest absolute Gasteiger partial charge is 0.443 e. The Balaban J connectivity index is 1.88. The lowest BCUT2D eigenvalue weighted by Crippen LogP contribution is -2.43. The highest BCUT2D eigenvalue weighted by Crippen LogP contribution is 2.32. The van der Waals surface area contributed by atoms with Crippen molar-refractivity contribution in [3.05, 3.63) is 90.6 Å². The maximum atomic E-state index is 14.0. The Bertz CT molecular complexity index is 1860. The molecule has 10 nitrogen and oxygen atoms in total. The van der Waals surface area contributed by atoms with Crippen LogP contribution in [0.4, 0.5) is 9.59 Å². The van der Waals surface area contributed by atoms with Crippen LogP contribution >= 0.6 is 0 Å². The number of rotatable bonds is 6. The van der Waals surface area contributed by atoms with Crippen molar-refractivity contribution in [3.63, 3.8) is 0 Å². The normalized spacial score (nSPS) is 12.6. The van der Waals surface area contributed by atoms with Crippen LogP contribution in [-0.4, -0.2) is 49.1 Å². The fourth-order valence-electron chi connectivity index (χ4n) is 4.19. The summed E-state index contributed by atoms with van der Waals surface area (Å²) in [5, 5.41) is 0.653. The van der Waals surface area contributed by atoms with Crippen molar-refractivity contribution in [1.29, 1.82) is 0 Å². The minimum Gasteiger partial charge on any atom is -0.443 e. The second-order valence-electron chi connectivity index (χ2n) is 11.8. The van der Waals surface area contributed by atoms with Gasteiger partial charge in [-0.3, -0.25) is 0 Å². The number of para-hydroxylation sites is 1. The predicted octanol–water partition coefficient (Wildman–Crippen LogP) is 6.38. The standard InChI is InChI=1S/C31H34N2O8S2/c1-30(2,3)40-28(34)32(29(35)41-31(4,5)6)21-22-16-17-26(27(20-22)42(36,37)24-13-8-7-9-14-24)43(38,39)33-19-18-23-12-10-11-15-25(23)33/h7-20H,21H2,1-6H3. The van der Waals surface area contributed by atoms with E-state index in [1.54, 1.807) is 77.9 Å². The van der Waals surface area contributed by atoms with Crippen LogP contribution in [0.25, 0.3) is 10.9 Å². The first kappa shape index (κ1) is 31.8. The Labute approximate surface area is 251 Å². The van der Waals surface area contributed by atoms with Gasteiger partial charge in [0.2, 0.25) is 9.84 Å². The van der Waals surface area contributed by atoms with Gasteiger partial charge >= 0.3 is 12.2 Å². The third-order valence-electron chi connectivity index (χ3n) is 6.02. The van der Waals surface area contributed by atoms with E-state index in [1.165, 1.54) is 36.5 Å². The van der Waals surface area contributed by atoms with Crippen molar-refractivity contribution in [2.24, 2.45) is 0 Å². The molecule has 0 saturated heterocycles. The molecule has 0 saturated carbocycles. The number of hydrogen-bond acceptors (Lipinski definition) is 8. The number of aromatic nitrogens is 1. The van der Waals surface area contributed by atoms with E-state index in [0.717, 1.165) is 16.1 Å². The summed E-state index contributed by atoms with van der Waals surface area (Å²) in [4.78, 5) is 25.8. The average molecular weight is 627 g/mol. The zero-order chi connectivity index (χ0) is 31.8. The zero-order valence-electron chi connectivity index (χ0n) is 24.8. The number of sulfone groups is 1. The molecule has 12 heteroatoms. The Morgan fingerprint density at radius 3 is 1.86 bits per heavy atom. The first-order valence-electron chi connectivity index (χ1n) is 13.4. The molecular formula is C31H34N2O8S2. The minimum absolute atomic E-state index is 0.128. The first-order valence-corrected chi connectivity index (χ1v) is 16.3. The summed E-state index contributed by atoms with van der Waals surface area (Å²) in [6.07, 6.45) is -0.658. The molecule has 2 amide bonds. The molecule has 1 heterocycles. The van der Waals surface area contributed by atoms with Crippen LogP contribution in [-0.2, 0) is 35.9 Å². The van der Waals surface area contributed by atoms with E-state index in [0.29, 0.717) is 15.8 Å². The summed E-state index contributed by atoms with van der Waals surface area (Å²) in [5.41, 5.74) is -1.37. The lowest BCUT2D eigenvalue weighted by atomic mass is 10.2. The molecule has 228 valence electrons. The SMILES string of the molecule is CC(C)(C)OC(=O)N(Cc1ccc(S(=O)(=O)n2ccc3ccccc32)c(S(=O)(=O)c2ccccc2)c1)C(=O)OC(C)(C)C. The number of ether oxygens (including phenoxy) is 2. The molecule has 0 radical (unpaired) electrons. The second kappa shape index (κ2) is 11.5. The van der Waals surface area contributed by atoms with Gasteiger partial charge in [0.15, 0.2) is 0 Å². The molecule has 3 aromatic carbocycles. The summed E-state index contributed by atoms with van der Waals surface area (Å²) in [7, 11) is -8.83. The number of benzene rings is 3. The molecule has 0 aliphatic heterocycles. The number of carbonyl (C=O) groups is 2. The van der Waals surface area contributed by atoms with Crippen molar-refractivity contribution in [2.75, 3.05) is 0 Å². The van der Waals surface area contributed by atoms with Gasteiger partial charge in [0, 0.05) is 11.6 Å². The van der Waals surface area contributed by atoms with E-state index in [2.05, 4.69) is 0 Å². The molecule has 1 aromatic heterocycles. The smallest absolute Gasteiger partial charge is 0.420 e. The Hall–Kier alpha value is -4.16. The Morgan fingerprint density at radius 1 is 0.721 bits per heavy atom. The maximum absolute atomic E-state index is 14.0. The average Bonchev–Trinajstić information content (AvgIpc) is 3.35. The lowest BCUT2D eigenvalue weighted by molar-refractivity contribution is -0.000274.